The number of nitrogens with one attached hydrogen (secondary N) is 2. The van der Waals surface area contributed by atoms with Crippen LogP contribution in [0.15, 0.2) is 48.5 Å². The van der Waals surface area contributed by atoms with E-state index in [1.54, 1.807) is 29.2 Å². The molecule has 152 valence electrons. The van der Waals surface area contributed by atoms with Crippen LogP contribution in [0.3, 0.4) is 0 Å². The summed E-state index contributed by atoms with van der Waals surface area (Å²) in [5.41, 5.74) is 8.20. The Morgan fingerprint density at radius 2 is 1.86 bits per heavy atom. The predicted molar refractivity (Wildman–Crippen MR) is 113 cm³/mol. The Balaban J connectivity index is 1.69. The number of hydrogen-bond acceptors (Lipinski definition) is 4. The van der Waals surface area contributed by atoms with Crippen LogP contribution in [0.1, 0.15) is 29.3 Å². The lowest BCUT2D eigenvalue weighted by atomic mass is 10.1. The van der Waals surface area contributed by atoms with E-state index in [0.29, 0.717) is 30.9 Å². The summed E-state index contributed by atoms with van der Waals surface area (Å²) >= 11 is 0. The number of rotatable bonds is 7. The normalized spacial score (nSPS) is 16.0. The van der Waals surface area contributed by atoms with Gasteiger partial charge in [-0.15, -0.1) is 0 Å². The number of amides is 3. The second-order valence-corrected chi connectivity index (χ2v) is 7.00. The van der Waals surface area contributed by atoms with Crippen molar-refractivity contribution >= 4 is 29.1 Å². The quantitative estimate of drug-likeness (QED) is 0.667. The zero-order valence-corrected chi connectivity index (χ0v) is 16.5. The molecule has 3 rings (SSSR count). The maximum absolute atomic E-state index is 12.8. The molecule has 29 heavy (non-hydrogen) atoms. The van der Waals surface area contributed by atoms with Crippen LogP contribution in [0, 0.1) is 5.92 Å². The van der Waals surface area contributed by atoms with Gasteiger partial charge in [0.15, 0.2) is 0 Å². The van der Waals surface area contributed by atoms with Crippen molar-refractivity contribution in [3.05, 3.63) is 59.7 Å². The Hall–Kier alpha value is -3.19. The Kier molecular flexibility index (Phi) is 6.61. The number of hydrogen-bond donors (Lipinski definition) is 3. The summed E-state index contributed by atoms with van der Waals surface area (Å²) in [7, 11) is 0. The van der Waals surface area contributed by atoms with E-state index in [1.807, 2.05) is 24.3 Å². The zero-order valence-electron chi connectivity index (χ0n) is 16.5. The molecule has 2 aromatic rings. The molecule has 7 nitrogen and oxygen atoms in total. The molecule has 1 aliphatic heterocycles. The van der Waals surface area contributed by atoms with Crippen LogP contribution in [0.2, 0.25) is 0 Å². The van der Waals surface area contributed by atoms with Crippen molar-refractivity contribution in [1.29, 1.82) is 0 Å². The van der Waals surface area contributed by atoms with Gasteiger partial charge in [0.25, 0.3) is 5.91 Å². The largest absolute Gasteiger partial charge is 0.351 e. The van der Waals surface area contributed by atoms with Crippen LogP contribution >= 0.6 is 0 Å². The second-order valence-electron chi connectivity index (χ2n) is 7.00. The van der Waals surface area contributed by atoms with Gasteiger partial charge in [0.1, 0.15) is 0 Å². The second kappa shape index (κ2) is 9.34. The zero-order chi connectivity index (χ0) is 20.8. The van der Waals surface area contributed by atoms with E-state index >= 15 is 0 Å². The molecule has 0 aliphatic carbocycles. The molecule has 1 heterocycles. The Bertz CT molecular complexity index is 895. The molecule has 1 saturated heterocycles. The molecule has 1 atom stereocenters. The van der Waals surface area contributed by atoms with Gasteiger partial charge in [0, 0.05) is 31.7 Å². The lowest BCUT2D eigenvalue weighted by Gasteiger charge is -2.17. The maximum atomic E-state index is 12.8. The molecule has 2 aromatic carbocycles. The van der Waals surface area contributed by atoms with Gasteiger partial charge < -0.3 is 21.3 Å². The summed E-state index contributed by atoms with van der Waals surface area (Å²) in [4.78, 5) is 39.2. The molecule has 0 radical (unpaired) electrons. The van der Waals surface area contributed by atoms with Crippen LogP contribution in [-0.2, 0) is 16.0 Å². The fraction of sp³-hybridized carbons (Fsp3) is 0.318. The van der Waals surface area contributed by atoms with Gasteiger partial charge in [-0.2, -0.15) is 0 Å². The van der Waals surface area contributed by atoms with E-state index in [9.17, 15) is 14.4 Å². The summed E-state index contributed by atoms with van der Waals surface area (Å²) in [6.45, 7) is 3.08. The molecule has 1 fully saturated rings. The van der Waals surface area contributed by atoms with Gasteiger partial charge >= 0.3 is 0 Å². The standard InChI is InChI=1S/C22H26N4O3/c1-2-15-7-9-17(10-8-15)26-14-16(13-20(26)27)21(28)25-19-6-4-3-5-18(19)22(29)24-12-11-23/h3-10,16H,2,11-14,23H2,1H3,(H,24,29)(H,25,28). The first-order valence-electron chi connectivity index (χ1n) is 9.81. The van der Waals surface area contributed by atoms with E-state index in [2.05, 4.69) is 17.6 Å². The fourth-order valence-corrected chi connectivity index (χ4v) is 3.35. The third-order valence-corrected chi connectivity index (χ3v) is 5.01. The van der Waals surface area contributed by atoms with Crippen molar-refractivity contribution in [3.63, 3.8) is 0 Å². The van der Waals surface area contributed by atoms with E-state index in [1.165, 1.54) is 5.56 Å². The van der Waals surface area contributed by atoms with Gasteiger partial charge in [-0.3, -0.25) is 14.4 Å². The smallest absolute Gasteiger partial charge is 0.253 e. The number of carbonyl (C=O) groups excluding carboxylic acids is 3. The Labute approximate surface area is 170 Å². The van der Waals surface area contributed by atoms with Gasteiger partial charge in [0.05, 0.1) is 17.2 Å². The number of nitrogens with zero attached hydrogens (tertiary/aromatic N) is 1. The van der Waals surface area contributed by atoms with E-state index < -0.39 is 5.92 Å². The molecule has 4 N–H and O–H groups in total. The minimum atomic E-state index is -0.478. The molecule has 0 spiro atoms. The number of aryl methyl sites for hydroxylation is 1. The molecule has 0 bridgehead atoms. The van der Waals surface area contributed by atoms with Gasteiger partial charge in [0.2, 0.25) is 11.8 Å². The average molecular weight is 394 g/mol. The van der Waals surface area contributed by atoms with E-state index in [0.717, 1.165) is 12.1 Å². The summed E-state index contributed by atoms with van der Waals surface area (Å²) in [5.74, 6) is -1.13. The third-order valence-electron chi connectivity index (χ3n) is 5.01. The monoisotopic (exact) mass is 394 g/mol. The maximum Gasteiger partial charge on any atom is 0.253 e. The lowest BCUT2D eigenvalue weighted by molar-refractivity contribution is -0.122. The molecule has 0 saturated carbocycles. The Morgan fingerprint density at radius 3 is 2.55 bits per heavy atom. The van der Waals surface area contributed by atoms with Gasteiger partial charge in [-0.1, -0.05) is 31.2 Å². The topological polar surface area (TPSA) is 105 Å². The van der Waals surface area contributed by atoms with Crippen LogP contribution in [0.25, 0.3) is 0 Å². The highest BCUT2D eigenvalue weighted by atomic mass is 16.2. The van der Waals surface area contributed by atoms with Gasteiger partial charge in [-0.25, -0.2) is 0 Å². The number of carbonyl (C=O) groups is 3. The third kappa shape index (κ3) is 4.81. The number of anilines is 2. The highest BCUT2D eigenvalue weighted by molar-refractivity contribution is 6.07. The van der Waals surface area contributed by atoms with E-state index in [4.69, 9.17) is 5.73 Å². The van der Waals surface area contributed by atoms with Crippen LogP contribution < -0.4 is 21.3 Å². The molecule has 3 amide bonds. The van der Waals surface area contributed by atoms with Crippen LogP contribution in [0.4, 0.5) is 11.4 Å². The van der Waals surface area contributed by atoms with Crippen molar-refractivity contribution < 1.29 is 14.4 Å². The highest BCUT2D eigenvalue weighted by Gasteiger charge is 2.35. The first kappa shape index (κ1) is 20.5. The summed E-state index contributed by atoms with van der Waals surface area (Å²) in [6.07, 6.45) is 1.07. The van der Waals surface area contributed by atoms with Crippen molar-refractivity contribution in [2.75, 3.05) is 29.9 Å². The van der Waals surface area contributed by atoms with Gasteiger partial charge in [-0.05, 0) is 36.2 Å². The highest BCUT2D eigenvalue weighted by Crippen LogP contribution is 2.27. The first-order valence-corrected chi connectivity index (χ1v) is 9.81. The number of para-hydroxylation sites is 1. The molecule has 1 aliphatic rings. The summed E-state index contributed by atoms with van der Waals surface area (Å²) < 4.78 is 0. The summed E-state index contributed by atoms with van der Waals surface area (Å²) in [6, 6.07) is 14.6. The number of nitrogens with two attached hydrogens (primary N) is 1. The Morgan fingerprint density at radius 1 is 1.14 bits per heavy atom. The van der Waals surface area contributed by atoms with Crippen molar-refractivity contribution in [1.82, 2.24) is 5.32 Å². The molecule has 0 aromatic heterocycles. The fourth-order valence-electron chi connectivity index (χ4n) is 3.35. The SMILES string of the molecule is CCc1ccc(N2CC(C(=O)Nc3ccccc3C(=O)NCCN)CC2=O)cc1. The molecular formula is C22H26N4O3. The van der Waals surface area contributed by atoms with Crippen molar-refractivity contribution in [2.45, 2.75) is 19.8 Å². The van der Waals surface area contributed by atoms with Crippen molar-refractivity contribution in [2.24, 2.45) is 11.7 Å². The van der Waals surface area contributed by atoms with Crippen LogP contribution in [0.5, 0.6) is 0 Å². The van der Waals surface area contributed by atoms with Crippen molar-refractivity contribution in [3.8, 4) is 0 Å². The first-order chi connectivity index (χ1) is 14.0. The van der Waals surface area contributed by atoms with E-state index in [-0.39, 0.29) is 24.1 Å². The predicted octanol–water partition coefficient (Wildman–Crippen LogP) is 1.93. The minimum absolute atomic E-state index is 0.0802. The molecular weight excluding hydrogens is 368 g/mol. The van der Waals surface area contributed by atoms with Crippen LogP contribution in [-0.4, -0.2) is 37.4 Å². The molecule has 7 heteroatoms. The number of benzene rings is 2. The molecule has 1 unspecified atom stereocenters. The average Bonchev–Trinajstić information content (AvgIpc) is 3.14. The lowest BCUT2D eigenvalue weighted by Crippen LogP contribution is -2.31. The summed E-state index contributed by atoms with van der Waals surface area (Å²) in [5, 5.41) is 5.51. The minimum Gasteiger partial charge on any atom is -0.351 e.